The number of ether oxygens (including phenoxy) is 5. The molecule has 300 valence electrons. The fourth-order valence-corrected chi connectivity index (χ4v) is 5.74. The molecule has 0 aliphatic carbocycles. The van der Waals surface area contributed by atoms with Crippen LogP contribution in [0.15, 0.2) is 39.5 Å². The van der Waals surface area contributed by atoms with Crippen molar-refractivity contribution >= 4 is 28.9 Å². The second-order valence-corrected chi connectivity index (χ2v) is 13.0. The Bertz CT molecular complexity index is 1990. The summed E-state index contributed by atoms with van der Waals surface area (Å²) in [4.78, 5) is 47.8. The number of carbonyl (C=O) groups excluding carboxylic acids is 1. The van der Waals surface area contributed by atoms with Gasteiger partial charge in [0.2, 0.25) is 18.3 Å². The first kappa shape index (κ1) is 40.9. The molecule has 0 spiro atoms. The zero-order valence-electron chi connectivity index (χ0n) is 28.2. The van der Waals surface area contributed by atoms with E-state index in [1.807, 2.05) is 0 Å². The van der Waals surface area contributed by atoms with Crippen molar-refractivity contribution < 1.29 is 104 Å². The summed E-state index contributed by atoms with van der Waals surface area (Å²) in [5.74, 6) is -8.38. The number of aliphatic hydroxyl groups excluding tert-OH is 6. The Balaban J connectivity index is 1.39. The first-order chi connectivity index (χ1) is 25.7. The van der Waals surface area contributed by atoms with Crippen molar-refractivity contribution in [2.45, 2.75) is 86.8 Å². The smallest absolute Gasteiger partial charge is 0.335 e. The molecule has 5 rings (SSSR count). The van der Waals surface area contributed by atoms with Gasteiger partial charge in [0, 0.05) is 17.7 Å². The van der Waals surface area contributed by atoms with E-state index >= 15 is 0 Å². The van der Waals surface area contributed by atoms with E-state index in [9.17, 15) is 75.3 Å². The van der Waals surface area contributed by atoms with Crippen molar-refractivity contribution in [3.63, 3.8) is 0 Å². The maximum Gasteiger partial charge on any atom is 0.335 e. The molecule has 0 amide bonds. The third kappa shape index (κ3) is 8.67. The minimum Gasteiger partial charge on any atom is -0.504 e. The lowest BCUT2D eigenvalue weighted by Gasteiger charge is -2.40. The van der Waals surface area contributed by atoms with Crippen LogP contribution in [0.25, 0.3) is 22.3 Å². The number of hydrogen-bond donors (Lipinski definition) is 12. The van der Waals surface area contributed by atoms with Crippen LogP contribution in [-0.4, -0.2) is 153 Å². The zero-order chi connectivity index (χ0) is 40.7. The predicted octanol–water partition coefficient (Wildman–Crippen LogP) is -2.81. The van der Waals surface area contributed by atoms with Crippen molar-refractivity contribution in [3.8, 4) is 40.1 Å². The van der Waals surface area contributed by atoms with E-state index in [-0.39, 0.29) is 11.3 Å². The van der Waals surface area contributed by atoms with Crippen LogP contribution in [0.5, 0.6) is 28.7 Å². The van der Waals surface area contributed by atoms with E-state index in [1.165, 1.54) is 6.07 Å². The summed E-state index contributed by atoms with van der Waals surface area (Å²) in [6.07, 6.45) is -21.0. The summed E-state index contributed by atoms with van der Waals surface area (Å²) in [6.45, 7) is 0.275. The number of hydrogen-bond acceptors (Lipinski definition) is 20. The van der Waals surface area contributed by atoms with Gasteiger partial charge in [-0.25, -0.2) is 4.79 Å². The molecule has 55 heavy (non-hydrogen) atoms. The summed E-state index contributed by atoms with van der Waals surface area (Å²) in [7, 11) is 0. The molecule has 2 aromatic carbocycles. The molecule has 3 heterocycles. The molecular weight excluding hydrogens is 748 g/mol. The number of benzene rings is 2. The van der Waals surface area contributed by atoms with Crippen molar-refractivity contribution in [1.82, 2.24) is 0 Å². The topological polar surface area (TPSA) is 370 Å². The number of aliphatic hydroxyl groups is 7. The van der Waals surface area contributed by atoms with Crippen molar-refractivity contribution in [2.24, 2.45) is 0 Å². The number of aromatic hydroxyl groups is 3. The van der Waals surface area contributed by atoms with Crippen LogP contribution in [0.2, 0.25) is 0 Å². The largest absolute Gasteiger partial charge is 0.504 e. The lowest BCUT2D eigenvalue weighted by molar-refractivity contribution is -0.278. The number of rotatable bonds is 12. The summed E-state index contributed by atoms with van der Waals surface area (Å²) in [6, 6.07) is 5.06. The van der Waals surface area contributed by atoms with E-state index in [4.69, 9.17) is 33.2 Å². The minimum atomic E-state index is -2.04. The lowest BCUT2D eigenvalue weighted by atomic mass is 9.98. The molecule has 2 saturated heterocycles. The monoisotopic (exact) mass is 784 g/mol. The van der Waals surface area contributed by atoms with Crippen LogP contribution in [0.3, 0.4) is 0 Å². The first-order valence-electron chi connectivity index (χ1n) is 16.1. The number of esters is 1. The highest BCUT2D eigenvalue weighted by Gasteiger charge is 2.49. The molecule has 0 saturated carbocycles. The van der Waals surface area contributed by atoms with Crippen LogP contribution in [0.1, 0.15) is 19.8 Å². The van der Waals surface area contributed by atoms with E-state index < -0.39 is 150 Å². The molecule has 22 nitrogen and oxygen atoms in total. The second-order valence-electron chi connectivity index (χ2n) is 13.0. The Kier molecular flexibility index (Phi) is 11.8. The third-order valence-corrected chi connectivity index (χ3v) is 8.61. The van der Waals surface area contributed by atoms with Gasteiger partial charge in [0.25, 0.3) is 0 Å². The van der Waals surface area contributed by atoms with E-state index in [2.05, 4.69) is 0 Å². The number of carbonyl (C=O) groups is 3. The zero-order valence-corrected chi connectivity index (χ0v) is 28.2. The van der Waals surface area contributed by atoms with Gasteiger partial charge in [0.1, 0.15) is 66.1 Å². The van der Waals surface area contributed by atoms with Gasteiger partial charge in [-0.3, -0.25) is 14.4 Å². The number of phenolic OH excluding ortho intramolecular Hbond substituents is 3. The van der Waals surface area contributed by atoms with Crippen molar-refractivity contribution in [3.05, 3.63) is 40.6 Å². The third-order valence-electron chi connectivity index (χ3n) is 8.61. The molecule has 2 aliphatic rings. The molecule has 22 heteroatoms. The van der Waals surface area contributed by atoms with Crippen molar-refractivity contribution in [1.29, 1.82) is 0 Å². The molecule has 3 aromatic rings. The van der Waals surface area contributed by atoms with Crippen LogP contribution in [0, 0.1) is 0 Å². The molecule has 1 aromatic heterocycles. The fourth-order valence-electron chi connectivity index (χ4n) is 5.74. The number of carboxylic acid groups (broad SMARTS) is 2. The number of carboxylic acids is 2. The highest BCUT2D eigenvalue weighted by atomic mass is 16.7. The van der Waals surface area contributed by atoms with Gasteiger partial charge in [-0.05, 0) is 25.1 Å². The molecule has 5 unspecified atom stereocenters. The second kappa shape index (κ2) is 15.8. The Labute approximate surface area is 306 Å². The Morgan fingerprint density at radius 2 is 1.38 bits per heavy atom. The van der Waals surface area contributed by atoms with Gasteiger partial charge in [0.05, 0.1) is 18.4 Å². The van der Waals surface area contributed by atoms with Gasteiger partial charge in [0.15, 0.2) is 34.5 Å². The highest BCUT2D eigenvalue weighted by Crippen LogP contribution is 2.43. The predicted molar refractivity (Wildman–Crippen MR) is 174 cm³/mol. The van der Waals surface area contributed by atoms with Gasteiger partial charge < -0.3 is 89.4 Å². The normalized spacial score (nSPS) is 29.2. The summed E-state index contributed by atoms with van der Waals surface area (Å²) in [5.41, 5.74) is -3.40. The maximum atomic E-state index is 13.1. The molecule has 12 N–H and O–H groups in total. The summed E-state index contributed by atoms with van der Waals surface area (Å²) < 4.78 is 32.1. The Hall–Kier alpha value is -5.30. The van der Waals surface area contributed by atoms with Gasteiger partial charge in [-0.2, -0.15) is 0 Å². The quantitative estimate of drug-likeness (QED) is 0.0651. The van der Waals surface area contributed by atoms with Crippen molar-refractivity contribution in [2.75, 3.05) is 6.61 Å². The van der Waals surface area contributed by atoms with Crippen LogP contribution in [-0.2, 0) is 28.6 Å². The number of phenols is 3. The molecule has 2 aliphatic heterocycles. The minimum absolute atomic E-state index is 0.0208. The fraction of sp³-hybridized carbons (Fsp3) is 0.455. The Morgan fingerprint density at radius 3 is 2.02 bits per heavy atom. The molecule has 11 atom stereocenters. The number of aliphatic carboxylic acids is 2. The van der Waals surface area contributed by atoms with E-state index in [0.717, 1.165) is 31.2 Å². The average molecular weight is 785 g/mol. The van der Waals surface area contributed by atoms with Gasteiger partial charge in [-0.15, -0.1) is 0 Å². The molecule has 0 bridgehead atoms. The maximum absolute atomic E-state index is 13.1. The molecular formula is C33H36O22. The van der Waals surface area contributed by atoms with Crippen LogP contribution >= 0.6 is 0 Å². The van der Waals surface area contributed by atoms with Crippen LogP contribution < -0.4 is 14.9 Å². The van der Waals surface area contributed by atoms with Gasteiger partial charge in [-0.1, -0.05) is 0 Å². The van der Waals surface area contributed by atoms with Crippen LogP contribution in [0.4, 0.5) is 0 Å². The SMILES string of the molecule is CC(O)(CC(=O)O)CC(=O)OCC1O[C@@H](Oc2cc3oc(-c4ccc(O)c(O[C@@H]5OC(C(=O)O)[C@@H](O)[C@H](O)C5O)c4)cc(=O)c3c(O)c2O)C(O)[C@@H](O)[C@@H]1O. The standard InChI is InChI=1S/C33H36O22/c1-33(49,7-18(36)37)8-19(38)50-9-17-22(40)24(42)27(45)31(54-17)53-16-6-15-20(23(41)21(16)39)12(35)5-13(51-15)10-2-3-11(34)14(4-10)52-32-28(46)25(43)26(44)29(55-32)30(47)48/h2-6,17,22,24-29,31-32,34,39-46,49H,7-9H2,1H3,(H,36,37)(H,47,48)/t17?,22-,24+,25+,26+,27?,28?,29?,31-,32-,33?/m1/s1. The lowest BCUT2D eigenvalue weighted by Crippen LogP contribution is -2.61. The summed E-state index contributed by atoms with van der Waals surface area (Å²) in [5, 5.41) is 121. The molecule has 0 radical (unpaired) electrons. The van der Waals surface area contributed by atoms with Gasteiger partial charge >= 0.3 is 17.9 Å². The number of fused-ring (bicyclic) bond motifs is 1. The van der Waals surface area contributed by atoms with E-state index in [1.54, 1.807) is 0 Å². The average Bonchev–Trinajstić information content (AvgIpc) is 3.09. The molecule has 2 fully saturated rings. The Morgan fingerprint density at radius 1 is 0.764 bits per heavy atom. The van der Waals surface area contributed by atoms with E-state index in [0.29, 0.717) is 0 Å². The highest BCUT2D eigenvalue weighted by molar-refractivity contribution is 5.89. The first-order valence-corrected chi connectivity index (χ1v) is 16.1. The summed E-state index contributed by atoms with van der Waals surface area (Å²) >= 11 is 0.